The summed E-state index contributed by atoms with van der Waals surface area (Å²) in [6.45, 7) is -5.26. The molecule has 3 unspecified atom stereocenters. The van der Waals surface area contributed by atoms with Crippen LogP contribution in [0.4, 0.5) is 10.2 Å². The van der Waals surface area contributed by atoms with Gasteiger partial charge in [0.1, 0.15) is 29.7 Å². The van der Waals surface area contributed by atoms with E-state index in [0.29, 0.717) is 17.6 Å². The van der Waals surface area contributed by atoms with Gasteiger partial charge in [0.05, 0.1) is 32.5 Å². The van der Waals surface area contributed by atoms with Crippen LogP contribution in [0.3, 0.4) is 0 Å². The molecule has 0 amide bonds. The molecule has 244 valence electrons. The molecule has 1 aliphatic carbocycles. The highest BCUT2D eigenvalue weighted by molar-refractivity contribution is 8.07. The number of H-pyrrole nitrogens is 1. The number of nitrogens with one attached hydrogen (secondary N) is 1. The van der Waals surface area contributed by atoms with Crippen molar-refractivity contribution in [3.05, 3.63) is 41.7 Å². The Morgan fingerprint density at radius 3 is 2.67 bits per heavy atom. The van der Waals surface area contributed by atoms with Crippen LogP contribution >= 0.6 is 14.5 Å². The van der Waals surface area contributed by atoms with E-state index in [1.165, 1.54) is 34.0 Å². The molecular weight excluding hydrogens is 673 g/mol. The number of nitrogens with zero attached hydrogens (tertiary/aromatic N) is 8. The predicted molar refractivity (Wildman–Crippen MR) is 157 cm³/mol. The summed E-state index contributed by atoms with van der Waals surface area (Å²) >= 11 is 5.30. The summed E-state index contributed by atoms with van der Waals surface area (Å²) < 4.78 is 61.1. The lowest BCUT2D eigenvalue weighted by molar-refractivity contribution is -0.0477. The molecule has 0 aromatic carbocycles. The first kappa shape index (κ1) is 30.1. The van der Waals surface area contributed by atoms with Crippen molar-refractivity contribution in [2.45, 2.75) is 37.1 Å². The zero-order valence-corrected chi connectivity index (χ0v) is 25.9. The van der Waals surface area contributed by atoms with E-state index >= 15 is 4.39 Å². The molecule has 5 aromatic rings. The van der Waals surface area contributed by atoms with E-state index in [4.69, 9.17) is 40.4 Å². The first-order valence-corrected chi connectivity index (χ1v) is 18.0. The van der Waals surface area contributed by atoms with Crippen LogP contribution in [-0.2, 0) is 39.2 Å². The number of aromatic nitrogens is 9. The molecule has 19 nitrogen and oxygen atoms in total. The van der Waals surface area contributed by atoms with Gasteiger partial charge in [-0.3, -0.25) is 22.9 Å². The molecule has 2 bridgehead atoms. The Morgan fingerprint density at radius 1 is 1.04 bits per heavy atom. The third-order valence-corrected chi connectivity index (χ3v) is 11.1. The van der Waals surface area contributed by atoms with Gasteiger partial charge in [-0.2, -0.15) is 0 Å². The van der Waals surface area contributed by atoms with Crippen LogP contribution in [0.1, 0.15) is 18.7 Å². The largest absolute Gasteiger partial charge is 0.472 e. The number of fused-ring (bicyclic) bond motifs is 6. The van der Waals surface area contributed by atoms with Crippen molar-refractivity contribution >= 4 is 60.3 Å². The van der Waals surface area contributed by atoms with E-state index in [1.807, 2.05) is 0 Å². The summed E-state index contributed by atoms with van der Waals surface area (Å²) in [5.74, 6) is -0.403. The average Bonchev–Trinajstić information content (AvgIpc) is 3.79. The van der Waals surface area contributed by atoms with Crippen LogP contribution in [-0.4, -0.2) is 91.4 Å². The number of halogens is 1. The van der Waals surface area contributed by atoms with Gasteiger partial charge in [-0.05, 0) is 24.1 Å². The normalized spacial score (nSPS) is 35.7. The van der Waals surface area contributed by atoms with E-state index in [-0.39, 0.29) is 47.9 Å². The number of ether oxygens (including phenoxy) is 1. The lowest BCUT2D eigenvalue weighted by Crippen LogP contribution is -2.43. The van der Waals surface area contributed by atoms with Crippen molar-refractivity contribution in [2.24, 2.45) is 11.8 Å². The molecule has 7 heterocycles. The lowest BCUT2D eigenvalue weighted by atomic mass is 9.70. The second-order valence-corrected chi connectivity index (χ2v) is 15.4. The monoisotopic (exact) mass is 698 g/mol. The summed E-state index contributed by atoms with van der Waals surface area (Å²) in [5, 5.41) is 0. The van der Waals surface area contributed by atoms with Crippen LogP contribution in [0.5, 0.6) is 0 Å². The van der Waals surface area contributed by atoms with E-state index in [9.17, 15) is 19.1 Å². The Kier molecular flexibility index (Phi) is 7.15. The van der Waals surface area contributed by atoms with Crippen LogP contribution in [0.2, 0.25) is 0 Å². The van der Waals surface area contributed by atoms with Crippen molar-refractivity contribution < 1.29 is 41.6 Å². The topological polar surface area (TPSA) is 241 Å². The van der Waals surface area contributed by atoms with Gasteiger partial charge in [-0.1, -0.05) is 0 Å². The molecule has 5 N–H and O–H groups in total. The summed E-state index contributed by atoms with van der Waals surface area (Å²) in [5.41, 5.74) is 6.42. The van der Waals surface area contributed by atoms with E-state index in [1.54, 1.807) is 10.9 Å². The van der Waals surface area contributed by atoms with Crippen LogP contribution in [0, 0.1) is 11.8 Å². The molecule has 1 saturated carbocycles. The lowest BCUT2D eigenvalue weighted by Gasteiger charge is -2.45. The Labute approximate surface area is 261 Å². The molecular formula is C23H25FN10O9P2S. The minimum Gasteiger partial charge on any atom is -0.382 e. The average molecular weight is 699 g/mol. The van der Waals surface area contributed by atoms with E-state index in [2.05, 4.69) is 29.9 Å². The van der Waals surface area contributed by atoms with Crippen molar-refractivity contribution in [1.82, 2.24) is 43.4 Å². The zero-order valence-electron chi connectivity index (χ0n) is 23.3. The second-order valence-electron chi connectivity index (χ2n) is 11.1. The first-order valence-electron chi connectivity index (χ1n) is 13.9. The number of anilines is 1. The maximum atomic E-state index is 15.9. The Hall–Kier alpha value is -3.23. The van der Waals surface area contributed by atoms with Crippen molar-refractivity contribution in [2.75, 3.05) is 25.6 Å². The number of hydrogen-bond donors (Lipinski definition) is 4. The molecule has 2 saturated heterocycles. The maximum Gasteiger partial charge on any atom is 0.472 e. The number of hydrogen-bond acceptors (Lipinski definition) is 14. The standard InChI is InChI=1S/C23H25FN10O9P2S/c24-14-13-6-40-44(36,37)39-5-11-10(3-12(11)33-8-29-15-18(25)27-7-28-19(15)33)4-41-45(38,46)43-17(14)22(42-13)34-9-30-16-20(34)31-23-26-1-2-32(23)21(16)35/h1-2,7-14,17,22H,3-6H2,(H,26,31)(H,36,37)(H,38,46)(H2,25,27,28)/t10-,11-,12-,13-,14-,17-,22?,45?/m1/s1. The van der Waals surface area contributed by atoms with Gasteiger partial charge in [0.15, 0.2) is 29.4 Å². The summed E-state index contributed by atoms with van der Waals surface area (Å²) in [6, 6.07) is -0.310. The van der Waals surface area contributed by atoms with Crippen molar-refractivity contribution in [1.29, 1.82) is 0 Å². The molecule has 0 spiro atoms. The molecule has 9 atom stereocenters. The van der Waals surface area contributed by atoms with Gasteiger partial charge in [-0.15, -0.1) is 0 Å². The van der Waals surface area contributed by atoms with Gasteiger partial charge in [0.25, 0.3) is 5.56 Å². The van der Waals surface area contributed by atoms with Gasteiger partial charge < -0.3 is 34.3 Å². The number of imidazole rings is 3. The number of phosphoric acid groups is 1. The number of phosphoric ester groups is 1. The quantitative estimate of drug-likeness (QED) is 0.188. The SMILES string of the molecule is Nc1ncnc2c1ncn2[C@@H]1C[C@@H]2COP(O)(=S)O[C@H]3C(n4cnc5c(=O)n6ccnc6[nH]c54)O[C@H](COP(=O)(O)OC[C@H]21)[C@H]3F. The molecule has 2 aliphatic heterocycles. The van der Waals surface area contributed by atoms with Crippen LogP contribution in [0.25, 0.3) is 28.1 Å². The first-order chi connectivity index (χ1) is 22.0. The molecule has 8 rings (SSSR count). The third-order valence-electron chi connectivity index (χ3n) is 8.55. The smallest absolute Gasteiger partial charge is 0.382 e. The second kappa shape index (κ2) is 10.9. The highest BCUT2D eigenvalue weighted by Crippen LogP contribution is 2.55. The number of rotatable bonds is 2. The highest BCUT2D eigenvalue weighted by atomic mass is 32.5. The number of alkyl halides is 1. The molecule has 23 heteroatoms. The van der Waals surface area contributed by atoms with E-state index < -0.39 is 57.2 Å². The number of aromatic amines is 1. The fourth-order valence-electron chi connectivity index (χ4n) is 6.19. The summed E-state index contributed by atoms with van der Waals surface area (Å²) in [4.78, 5) is 58.3. The maximum absolute atomic E-state index is 15.9. The molecule has 46 heavy (non-hydrogen) atoms. The Balaban J connectivity index is 1.10. The molecule has 5 aromatic heterocycles. The molecule has 0 radical (unpaired) electrons. The predicted octanol–water partition coefficient (Wildman–Crippen LogP) is 0.973. The van der Waals surface area contributed by atoms with Crippen molar-refractivity contribution in [3.8, 4) is 0 Å². The summed E-state index contributed by atoms with van der Waals surface area (Å²) in [6.07, 6.45) is 0.907. The highest BCUT2D eigenvalue weighted by Gasteiger charge is 2.52. The summed E-state index contributed by atoms with van der Waals surface area (Å²) in [7, 11) is -4.72. The number of nitrogen functional groups attached to an aromatic ring is 1. The fourth-order valence-corrected chi connectivity index (χ4v) is 8.41. The van der Waals surface area contributed by atoms with Crippen LogP contribution < -0.4 is 11.3 Å². The Bertz CT molecular complexity index is 2140. The number of nitrogens with two attached hydrogens (primary N) is 1. The third kappa shape index (κ3) is 4.98. The van der Waals surface area contributed by atoms with Gasteiger partial charge in [0.2, 0.25) is 5.78 Å². The minimum absolute atomic E-state index is 0.00723. The zero-order chi connectivity index (χ0) is 32.0. The molecule has 3 aliphatic rings. The van der Waals surface area contributed by atoms with Gasteiger partial charge in [-0.25, -0.2) is 38.3 Å². The van der Waals surface area contributed by atoms with Crippen LogP contribution in [0.15, 0.2) is 36.2 Å². The fraction of sp³-hybridized carbons (Fsp3) is 0.478. The van der Waals surface area contributed by atoms with Gasteiger partial charge >= 0.3 is 14.5 Å². The molecule has 3 fully saturated rings. The minimum atomic E-state index is -4.72. The Morgan fingerprint density at radius 2 is 1.83 bits per heavy atom. The van der Waals surface area contributed by atoms with Gasteiger partial charge in [0, 0.05) is 24.4 Å². The van der Waals surface area contributed by atoms with Crippen molar-refractivity contribution in [3.63, 3.8) is 0 Å². The van der Waals surface area contributed by atoms with E-state index in [0.717, 1.165) is 0 Å².